The standard InChI is InChI=1S/C30H26BrN3O/c1-33-27-12-8-7-11-25(27)29(30(33)22-14-16-23(31)17-15-22)26-18-13-21(19-28(26)35-3)20-32-34(2)24-9-5-4-6-10-24/h4-20H,1-3H3/b32-20-. The number of nitrogens with zero attached hydrogens (tertiary/aromatic N) is 3. The van der Waals surface area contributed by atoms with Crippen LogP contribution in [-0.2, 0) is 7.05 Å². The van der Waals surface area contributed by atoms with E-state index in [4.69, 9.17) is 4.74 Å². The number of hydrogen-bond donors (Lipinski definition) is 0. The minimum atomic E-state index is 0.811. The van der Waals surface area contributed by atoms with Gasteiger partial charge in [0.05, 0.1) is 24.7 Å². The molecular weight excluding hydrogens is 498 g/mol. The Hall–Kier alpha value is -3.83. The fraction of sp³-hybridized carbons (Fsp3) is 0.100. The molecule has 0 amide bonds. The lowest BCUT2D eigenvalue weighted by atomic mass is 9.96. The molecule has 0 aliphatic carbocycles. The third kappa shape index (κ3) is 4.47. The average molecular weight is 524 g/mol. The Morgan fingerprint density at radius 2 is 1.60 bits per heavy atom. The molecule has 1 heterocycles. The second-order valence-corrected chi connectivity index (χ2v) is 9.29. The predicted molar refractivity (Wildman–Crippen MR) is 150 cm³/mol. The second-order valence-electron chi connectivity index (χ2n) is 8.37. The van der Waals surface area contributed by atoms with Gasteiger partial charge >= 0.3 is 0 Å². The van der Waals surface area contributed by atoms with Gasteiger partial charge in [0.1, 0.15) is 5.75 Å². The van der Waals surface area contributed by atoms with E-state index in [0.29, 0.717) is 0 Å². The van der Waals surface area contributed by atoms with Crippen LogP contribution < -0.4 is 9.75 Å². The van der Waals surface area contributed by atoms with Crippen molar-refractivity contribution >= 4 is 38.7 Å². The van der Waals surface area contributed by atoms with Crippen molar-refractivity contribution in [2.75, 3.05) is 19.2 Å². The number of methoxy groups -OCH3 is 1. The molecule has 0 N–H and O–H groups in total. The van der Waals surface area contributed by atoms with E-state index in [0.717, 1.165) is 43.9 Å². The molecule has 4 aromatic carbocycles. The van der Waals surface area contributed by atoms with Gasteiger partial charge in [-0.05, 0) is 53.6 Å². The van der Waals surface area contributed by atoms with E-state index in [1.165, 1.54) is 10.9 Å². The minimum Gasteiger partial charge on any atom is -0.496 e. The van der Waals surface area contributed by atoms with Crippen LogP contribution >= 0.6 is 15.9 Å². The molecule has 0 saturated carbocycles. The van der Waals surface area contributed by atoms with Gasteiger partial charge in [0, 0.05) is 40.6 Å². The Kier molecular flexibility index (Phi) is 6.43. The lowest BCUT2D eigenvalue weighted by Crippen LogP contribution is -2.08. The van der Waals surface area contributed by atoms with Crippen LogP contribution in [-0.4, -0.2) is 24.9 Å². The summed E-state index contributed by atoms with van der Waals surface area (Å²) in [5.74, 6) is 0.811. The normalized spacial score (nSPS) is 11.3. The van der Waals surface area contributed by atoms with Gasteiger partial charge in [-0.15, -0.1) is 0 Å². The van der Waals surface area contributed by atoms with Crippen molar-refractivity contribution in [3.8, 4) is 28.1 Å². The van der Waals surface area contributed by atoms with Gasteiger partial charge in [-0.3, -0.25) is 5.01 Å². The second kappa shape index (κ2) is 9.80. The molecule has 0 saturated heterocycles. The van der Waals surface area contributed by atoms with E-state index in [1.807, 2.05) is 54.7 Å². The topological polar surface area (TPSA) is 29.8 Å². The Morgan fingerprint density at radius 1 is 0.886 bits per heavy atom. The Morgan fingerprint density at radius 3 is 2.34 bits per heavy atom. The van der Waals surface area contributed by atoms with E-state index < -0.39 is 0 Å². The molecule has 0 bridgehead atoms. The highest BCUT2D eigenvalue weighted by Crippen LogP contribution is 2.44. The van der Waals surface area contributed by atoms with Crippen LogP contribution in [0.2, 0.25) is 0 Å². The van der Waals surface area contributed by atoms with Crippen LogP contribution in [0.25, 0.3) is 33.3 Å². The van der Waals surface area contributed by atoms with Gasteiger partial charge in [-0.1, -0.05) is 70.5 Å². The first-order valence-electron chi connectivity index (χ1n) is 11.4. The van der Waals surface area contributed by atoms with Gasteiger partial charge in [0.2, 0.25) is 0 Å². The zero-order valence-electron chi connectivity index (χ0n) is 19.9. The molecule has 35 heavy (non-hydrogen) atoms. The van der Waals surface area contributed by atoms with Gasteiger partial charge in [0.15, 0.2) is 0 Å². The number of benzene rings is 4. The molecule has 4 nitrogen and oxygen atoms in total. The number of ether oxygens (including phenoxy) is 1. The largest absolute Gasteiger partial charge is 0.496 e. The molecule has 0 atom stereocenters. The van der Waals surface area contributed by atoms with Crippen molar-refractivity contribution < 1.29 is 4.74 Å². The maximum absolute atomic E-state index is 5.91. The van der Waals surface area contributed by atoms with Gasteiger partial charge in [-0.25, -0.2) is 0 Å². The molecular formula is C30H26BrN3O. The van der Waals surface area contributed by atoms with Gasteiger partial charge in [-0.2, -0.15) is 5.10 Å². The van der Waals surface area contributed by atoms with Crippen molar-refractivity contribution in [2.45, 2.75) is 0 Å². The summed E-state index contributed by atoms with van der Waals surface area (Å²) in [4.78, 5) is 0. The minimum absolute atomic E-state index is 0.811. The number of aromatic nitrogens is 1. The molecule has 5 aromatic rings. The summed E-state index contributed by atoms with van der Waals surface area (Å²) in [6, 6.07) is 33.3. The zero-order valence-corrected chi connectivity index (χ0v) is 21.5. The lowest BCUT2D eigenvalue weighted by molar-refractivity contribution is 0.416. The maximum atomic E-state index is 5.91. The van der Waals surface area contributed by atoms with Gasteiger partial charge in [0.25, 0.3) is 0 Å². The summed E-state index contributed by atoms with van der Waals surface area (Å²) in [5.41, 5.74) is 7.70. The highest BCUT2D eigenvalue weighted by molar-refractivity contribution is 9.10. The maximum Gasteiger partial charge on any atom is 0.127 e. The fourth-order valence-corrected chi connectivity index (χ4v) is 4.73. The molecule has 0 aliphatic rings. The number of para-hydroxylation sites is 2. The predicted octanol–water partition coefficient (Wildman–Crippen LogP) is 7.75. The van der Waals surface area contributed by atoms with Crippen LogP contribution in [0, 0.1) is 0 Å². The smallest absolute Gasteiger partial charge is 0.127 e. The molecule has 0 radical (unpaired) electrons. The van der Waals surface area contributed by atoms with Crippen molar-refractivity contribution in [3.63, 3.8) is 0 Å². The molecule has 1 aromatic heterocycles. The number of hydrazone groups is 1. The van der Waals surface area contributed by atoms with E-state index >= 15 is 0 Å². The molecule has 5 rings (SSSR count). The Balaban J connectivity index is 1.61. The van der Waals surface area contributed by atoms with E-state index in [1.54, 1.807) is 7.11 Å². The van der Waals surface area contributed by atoms with Gasteiger partial charge < -0.3 is 9.30 Å². The van der Waals surface area contributed by atoms with Crippen LogP contribution in [0.3, 0.4) is 0 Å². The summed E-state index contributed by atoms with van der Waals surface area (Å²) in [5, 5.41) is 7.66. The van der Waals surface area contributed by atoms with E-state index in [2.05, 4.69) is 93.3 Å². The number of halogens is 1. The SMILES string of the molecule is COc1cc(/C=N\N(C)c2ccccc2)ccc1-c1c(-c2ccc(Br)cc2)n(C)c2ccccc12. The number of hydrogen-bond acceptors (Lipinski definition) is 3. The molecule has 0 unspecified atom stereocenters. The summed E-state index contributed by atoms with van der Waals surface area (Å²) >= 11 is 3.56. The number of aryl methyl sites for hydroxylation is 1. The monoisotopic (exact) mass is 523 g/mol. The zero-order chi connectivity index (χ0) is 24.4. The van der Waals surface area contributed by atoms with Crippen molar-refractivity contribution in [1.29, 1.82) is 0 Å². The highest BCUT2D eigenvalue weighted by Gasteiger charge is 2.21. The van der Waals surface area contributed by atoms with Crippen LogP contribution in [0.5, 0.6) is 5.75 Å². The highest BCUT2D eigenvalue weighted by atomic mass is 79.9. The quantitative estimate of drug-likeness (QED) is 0.168. The summed E-state index contributed by atoms with van der Waals surface area (Å²) in [6.07, 6.45) is 1.86. The summed E-state index contributed by atoms with van der Waals surface area (Å²) in [6.45, 7) is 0. The van der Waals surface area contributed by atoms with Crippen molar-refractivity contribution in [3.05, 3.63) is 107 Å². The first-order valence-corrected chi connectivity index (χ1v) is 12.2. The molecule has 0 fully saturated rings. The van der Waals surface area contributed by atoms with Crippen LogP contribution in [0.4, 0.5) is 5.69 Å². The number of rotatable bonds is 6. The van der Waals surface area contributed by atoms with Crippen molar-refractivity contribution in [1.82, 2.24) is 4.57 Å². The van der Waals surface area contributed by atoms with Crippen LogP contribution in [0.1, 0.15) is 5.56 Å². The average Bonchev–Trinajstić information content (AvgIpc) is 3.20. The molecule has 0 aliphatic heterocycles. The summed E-state index contributed by atoms with van der Waals surface area (Å²) < 4.78 is 9.23. The van der Waals surface area contributed by atoms with Crippen LogP contribution in [0.15, 0.2) is 107 Å². The Bertz CT molecular complexity index is 1500. The number of fused-ring (bicyclic) bond motifs is 1. The molecule has 0 spiro atoms. The van der Waals surface area contributed by atoms with Crippen molar-refractivity contribution in [2.24, 2.45) is 12.1 Å². The van der Waals surface area contributed by atoms with E-state index in [9.17, 15) is 0 Å². The third-order valence-corrected chi connectivity index (χ3v) is 6.76. The third-order valence-electron chi connectivity index (χ3n) is 6.23. The summed E-state index contributed by atoms with van der Waals surface area (Å²) in [7, 11) is 5.79. The lowest BCUT2D eigenvalue weighted by Gasteiger charge is -2.14. The first kappa shape index (κ1) is 22.9. The molecule has 174 valence electrons. The van der Waals surface area contributed by atoms with E-state index in [-0.39, 0.29) is 0 Å². The Labute approximate surface area is 214 Å². The fourth-order valence-electron chi connectivity index (χ4n) is 4.47. The molecule has 5 heteroatoms. The number of anilines is 1. The first-order chi connectivity index (χ1) is 17.1.